The SMILES string of the molecule is C=NC(=N)S(C)(=O)=O. The van der Waals surface area contributed by atoms with Gasteiger partial charge in [0.1, 0.15) is 0 Å². The van der Waals surface area contributed by atoms with Gasteiger partial charge in [0, 0.05) is 6.26 Å². The van der Waals surface area contributed by atoms with E-state index in [1.165, 1.54) is 0 Å². The van der Waals surface area contributed by atoms with E-state index < -0.39 is 15.0 Å². The Morgan fingerprint density at radius 1 is 1.75 bits per heavy atom. The first-order valence-electron chi connectivity index (χ1n) is 1.74. The Labute approximate surface area is 47.7 Å². The maximum absolute atomic E-state index is 10.2. The van der Waals surface area contributed by atoms with Crippen molar-refractivity contribution in [3.8, 4) is 0 Å². The van der Waals surface area contributed by atoms with Crippen LogP contribution in [0.15, 0.2) is 4.99 Å². The van der Waals surface area contributed by atoms with Crippen molar-refractivity contribution in [2.24, 2.45) is 4.99 Å². The fourth-order valence-electron chi connectivity index (χ4n) is 0.117. The van der Waals surface area contributed by atoms with E-state index in [-0.39, 0.29) is 0 Å². The standard InChI is InChI=1S/C3H6N2O2S/c1-5-3(4)8(2,6)7/h4H,1H2,2H3. The Bertz CT molecular complexity index is 203. The molecule has 0 aromatic rings. The van der Waals surface area contributed by atoms with Crippen LogP contribution in [-0.2, 0) is 9.84 Å². The zero-order chi connectivity index (χ0) is 6.78. The van der Waals surface area contributed by atoms with Gasteiger partial charge in [0.05, 0.1) is 0 Å². The Balaban J connectivity index is 4.53. The molecular formula is C3H6N2O2S. The van der Waals surface area contributed by atoms with Gasteiger partial charge in [-0.3, -0.25) is 5.41 Å². The molecule has 8 heavy (non-hydrogen) atoms. The Hall–Kier alpha value is -0.710. The highest BCUT2D eigenvalue weighted by Gasteiger charge is 2.05. The van der Waals surface area contributed by atoms with Crippen LogP contribution in [0.2, 0.25) is 0 Å². The van der Waals surface area contributed by atoms with E-state index in [1.54, 1.807) is 0 Å². The van der Waals surface area contributed by atoms with Gasteiger partial charge in [0.25, 0.3) is 0 Å². The smallest absolute Gasteiger partial charge is 0.238 e. The number of hydrogen-bond donors (Lipinski definition) is 1. The lowest BCUT2D eigenvalue weighted by Crippen LogP contribution is -2.07. The number of aliphatic imine (C=N–C) groups is 1. The molecule has 4 nitrogen and oxygen atoms in total. The number of hydrogen-bond acceptors (Lipinski definition) is 3. The summed E-state index contributed by atoms with van der Waals surface area (Å²) in [6.45, 7) is 2.87. The summed E-state index contributed by atoms with van der Waals surface area (Å²) in [5.74, 6) is 0. The molecule has 0 heterocycles. The molecule has 1 N–H and O–H groups in total. The molecule has 0 saturated carbocycles. The monoisotopic (exact) mass is 134 g/mol. The molecule has 5 heteroatoms. The highest BCUT2D eigenvalue weighted by molar-refractivity contribution is 8.05. The van der Waals surface area contributed by atoms with Crippen molar-refractivity contribution in [3.05, 3.63) is 0 Å². The van der Waals surface area contributed by atoms with Crippen molar-refractivity contribution in [3.63, 3.8) is 0 Å². The second-order valence-corrected chi connectivity index (χ2v) is 3.17. The molecule has 0 radical (unpaired) electrons. The lowest BCUT2D eigenvalue weighted by Gasteiger charge is -1.87. The number of nitrogens with one attached hydrogen (secondary N) is 1. The van der Waals surface area contributed by atoms with E-state index in [0.717, 1.165) is 6.26 Å². The summed E-state index contributed by atoms with van der Waals surface area (Å²) in [6, 6.07) is 0. The quantitative estimate of drug-likeness (QED) is 0.364. The van der Waals surface area contributed by atoms with Gasteiger partial charge >= 0.3 is 0 Å². The van der Waals surface area contributed by atoms with Crippen LogP contribution >= 0.6 is 0 Å². The molecule has 0 spiro atoms. The molecule has 0 aromatic carbocycles. The third kappa shape index (κ3) is 1.83. The first kappa shape index (κ1) is 7.29. The van der Waals surface area contributed by atoms with Gasteiger partial charge in [-0.05, 0) is 6.72 Å². The van der Waals surface area contributed by atoms with E-state index in [0.29, 0.717) is 0 Å². The molecule has 0 aliphatic heterocycles. The van der Waals surface area contributed by atoms with Crippen LogP contribution in [0.5, 0.6) is 0 Å². The van der Waals surface area contributed by atoms with E-state index in [2.05, 4.69) is 11.7 Å². The Kier molecular flexibility index (Phi) is 1.86. The minimum absolute atomic E-state index is 0.683. The van der Waals surface area contributed by atoms with Crippen LogP contribution in [0.4, 0.5) is 0 Å². The van der Waals surface area contributed by atoms with Crippen LogP contribution in [0.3, 0.4) is 0 Å². The summed E-state index contributed by atoms with van der Waals surface area (Å²) in [6.07, 6.45) is 0.907. The predicted molar refractivity (Wildman–Crippen MR) is 32.1 cm³/mol. The van der Waals surface area contributed by atoms with E-state index in [1.807, 2.05) is 0 Å². The van der Waals surface area contributed by atoms with Gasteiger partial charge < -0.3 is 0 Å². The third-order valence-corrected chi connectivity index (χ3v) is 1.33. The van der Waals surface area contributed by atoms with Crippen molar-refractivity contribution in [2.75, 3.05) is 6.26 Å². The minimum atomic E-state index is -3.40. The maximum Gasteiger partial charge on any atom is 0.238 e. The largest absolute Gasteiger partial charge is 0.273 e. The van der Waals surface area contributed by atoms with E-state index >= 15 is 0 Å². The lowest BCUT2D eigenvalue weighted by molar-refractivity contribution is 0.612. The molecule has 0 atom stereocenters. The molecule has 0 aromatic heterocycles. The number of nitrogens with zero attached hydrogens (tertiary/aromatic N) is 1. The van der Waals surface area contributed by atoms with Crippen molar-refractivity contribution < 1.29 is 8.42 Å². The number of amidine groups is 1. The average molecular weight is 134 g/mol. The fourth-order valence-corrected chi connectivity index (χ4v) is 0.352. The molecule has 0 unspecified atom stereocenters. The molecular weight excluding hydrogens is 128 g/mol. The molecule has 0 aliphatic rings. The second-order valence-electron chi connectivity index (χ2n) is 1.24. The molecule has 46 valence electrons. The van der Waals surface area contributed by atoms with E-state index in [4.69, 9.17) is 5.41 Å². The van der Waals surface area contributed by atoms with Gasteiger partial charge in [-0.1, -0.05) is 0 Å². The van der Waals surface area contributed by atoms with Gasteiger partial charge in [0.2, 0.25) is 15.0 Å². The van der Waals surface area contributed by atoms with Crippen LogP contribution in [0, 0.1) is 5.41 Å². The molecule has 0 rings (SSSR count). The highest BCUT2D eigenvalue weighted by atomic mass is 32.2. The summed E-state index contributed by atoms with van der Waals surface area (Å²) in [5, 5.41) is 5.89. The average Bonchev–Trinajstić information content (AvgIpc) is 1.62. The van der Waals surface area contributed by atoms with Crippen molar-refractivity contribution in [2.45, 2.75) is 0 Å². The van der Waals surface area contributed by atoms with Crippen LogP contribution < -0.4 is 0 Å². The minimum Gasteiger partial charge on any atom is -0.273 e. The van der Waals surface area contributed by atoms with Gasteiger partial charge in [-0.15, -0.1) is 0 Å². The molecule has 0 fully saturated rings. The predicted octanol–water partition coefficient (Wildman–Crippen LogP) is -0.334. The van der Waals surface area contributed by atoms with Gasteiger partial charge in [0.15, 0.2) is 0 Å². The normalized spacial score (nSPS) is 10.6. The summed E-state index contributed by atoms with van der Waals surface area (Å²) in [5.41, 5.74) is 0. The lowest BCUT2D eigenvalue weighted by atomic mass is 11.3. The second kappa shape index (κ2) is 2.04. The highest BCUT2D eigenvalue weighted by Crippen LogP contribution is 1.84. The van der Waals surface area contributed by atoms with Gasteiger partial charge in [-0.25, -0.2) is 13.4 Å². The number of rotatable bonds is 0. The summed E-state index contributed by atoms with van der Waals surface area (Å²) in [4.78, 5) is 2.91. The van der Waals surface area contributed by atoms with Crippen molar-refractivity contribution in [1.82, 2.24) is 0 Å². The van der Waals surface area contributed by atoms with Crippen LogP contribution in [-0.4, -0.2) is 26.6 Å². The number of sulfone groups is 1. The molecule has 0 bridgehead atoms. The maximum atomic E-state index is 10.2. The Morgan fingerprint density at radius 3 is 2.12 bits per heavy atom. The zero-order valence-corrected chi connectivity index (χ0v) is 5.20. The van der Waals surface area contributed by atoms with E-state index in [9.17, 15) is 8.42 Å². The first-order valence-corrected chi connectivity index (χ1v) is 3.63. The summed E-state index contributed by atoms with van der Waals surface area (Å²) in [7, 11) is -3.40. The molecule has 0 saturated heterocycles. The zero-order valence-electron chi connectivity index (χ0n) is 4.38. The molecule has 0 amide bonds. The van der Waals surface area contributed by atoms with Crippen LogP contribution in [0.25, 0.3) is 0 Å². The molecule has 0 aliphatic carbocycles. The summed E-state index contributed by atoms with van der Waals surface area (Å²) < 4.78 is 20.4. The van der Waals surface area contributed by atoms with Crippen LogP contribution in [0.1, 0.15) is 0 Å². The van der Waals surface area contributed by atoms with Crippen molar-refractivity contribution in [1.29, 1.82) is 5.41 Å². The fraction of sp³-hybridized carbons (Fsp3) is 0.333. The first-order chi connectivity index (χ1) is 3.48. The topological polar surface area (TPSA) is 70.3 Å². The van der Waals surface area contributed by atoms with Gasteiger partial charge in [-0.2, -0.15) is 0 Å². The Morgan fingerprint density at radius 2 is 2.12 bits per heavy atom. The third-order valence-electron chi connectivity index (χ3n) is 0.495. The summed E-state index contributed by atoms with van der Waals surface area (Å²) >= 11 is 0. The van der Waals surface area contributed by atoms with Crippen molar-refractivity contribution >= 4 is 21.7 Å².